The van der Waals surface area contributed by atoms with Crippen molar-refractivity contribution in [3.63, 3.8) is 0 Å². The van der Waals surface area contributed by atoms with Crippen LogP contribution in [0, 0.1) is 5.82 Å². The maximum absolute atomic E-state index is 13.7. The summed E-state index contributed by atoms with van der Waals surface area (Å²) in [6.07, 6.45) is 1.93. The number of nitrogens with zero attached hydrogens (tertiary/aromatic N) is 3. The van der Waals surface area contributed by atoms with E-state index in [0.29, 0.717) is 5.82 Å². The molecular weight excluding hydrogens is 295 g/mol. The molecule has 0 aliphatic carbocycles. The summed E-state index contributed by atoms with van der Waals surface area (Å²) in [5.74, 6) is 0.500. The van der Waals surface area contributed by atoms with Crippen molar-refractivity contribution in [1.82, 2.24) is 20.1 Å². The van der Waals surface area contributed by atoms with E-state index in [2.05, 4.69) is 15.5 Å². The summed E-state index contributed by atoms with van der Waals surface area (Å²) in [6, 6.07) is 3.63. The van der Waals surface area contributed by atoms with E-state index in [-0.39, 0.29) is 16.6 Å². The zero-order valence-corrected chi connectivity index (χ0v) is 12.2. The number of rotatable bonds is 3. The molecular formula is C14H14ClFN4O. The number of halogens is 2. The van der Waals surface area contributed by atoms with E-state index in [9.17, 15) is 9.18 Å². The van der Waals surface area contributed by atoms with Gasteiger partial charge in [-0.3, -0.25) is 4.79 Å². The highest BCUT2D eigenvalue weighted by Crippen LogP contribution is 2.20. The van der Waals surface area contributed by atoms with Gasteiger partial charge in [0, 0.05) is 18.0 Å². The third-order valence-electron chi connectivity index (χ3n) is 3.55. The molecule has 1 aromatic heterocycles. The number of hydrogen-bond donors (Lipinski definition) is 1. The maximum Gasteiger partial charge on any atom is 0.254 e. The highest BCUT2D eigenvalue weighted by molar-refractivity contribution is 6.30. The van der Waals surface area contributed by atoms with Crippen LogP contribution in [0.1, 0.15) is 41.4 Å². The number of aryl methyl sites for hydroxylation is 1. The quantitative estimate of drug-likeness (QED) is 0.947. The number of nitrogens with one attached hydrogen (secondary N) is 1. The third kappa shape index (κ3) is 2.63. The second-order valence-electron chi connectivity index (χ2n) is 5.05. The summed E-state index contributed by atoms with van der Waals surface area (Å²) in [7, 11) is 0. The lowest BCUT2D eigenvalue weighted by Gasteiger charge is -2.14. The van der Waals surface area contributed by atoms with Crippen LogP contribution in [0.5, 0.6) is 0 Å². The molecule has 0 saturated carbocycles. The fraction of sp³-hybridized carbons (Fsp3) is 0.357. The Labute approximate surface area is 126 Å². The van der Waals surface area contributed by atoms with Gasteiger partial charge in [0.15, 0.2) is 5.82 Å². The number of carbonyl (C=O) groups excluding carboxylic acids is 1. The minimum Gasteiger partial charge on any atom is -0.342 e. The predicted molar refractivity (Wildman–Crippen MR) is 75.6 cm³/mol. The zero-order valence-electron chi connectivity index (χ0n) is 11.4. The molecule has 2 aromatic rings. The van der Waals surface area contributed by atoms with E-state index in [4.69, 9.17) is 11.6 Å². The largest absolute Gasteiger partial charge is 0.342 e. The Kier molecular flexibility index (Phi) is 3.63. The first-order valence-electron chi connectivity index (χ1n) is 6.74. The van der Waals surface area contributed by atoms with Crippen molar-refractivity contribution >= 4 is 17.5 Å². The second-order valence-corrected chi connectivity index (χ2v) is 5.49. The number of benzene rings is 1. The van der Waals surface area contributed by atoms with Gasteiger partial charge < -0.3 is 9.88 Å². The topological polar surface area (TPSA) is 59.8 Å². The smallest absolute Gasteiger partial charge is 0.254 e. The highest BCUT2D eigenvalue weighted by atomic mass is 35.5. The van der Waals surface area contributed by atoms with E-state index >= 15 is 0 Å². The summed E-state index contributed by atoms with van der Waals surface area (Å²) in [5, 5.41) is 11.2. The fourth-order valence-corrected chi connectivity index (χ4v) is 2.66. The molecule has 7 heteroatoms. The van der Waals surface area contributed by atoms with Crippen molar-refractivity contribution in [2.24, 2.45) is 0 Å². The molecule has 1 atom stereocenters. The van der Waals surface area contributed by atoms with Gasteiger partial charge in [-0.2, -0.15) is 0 Å². The first-order valence-corrected chi connectivity index (χ1v) is 7.12. The monoisotopic (exact) mass is 308 g/mol. The molecule has 0 fully saturated rings. The van der Waals surface area contributed by atoms with E-state index in [1.165, 1.54) is 12.1 Å². The molecule has 1 aliphatic heterocycles. The molecule has 5 nitrogen and oxygen atoms in total. The Morgan fingerprint density at radius 3 is 3.05 bits per heavy atom. The molecule has 1 N–H and O–H groups in total. The van der Waals surface area contributed by atoms with Gasteiger partial charge in [-0.1, -0.05) is 11.6 Å². The van der Waals surface area contributed by atoms with Gasteiger partial charge in [0.1, 0.15) is 11.6 Å². The van der Waals surface area contributed by atoms with Gasteiger partial charge in [0.2, 0.25) is 0 Å². The molecule has 0 radical (unpaired) electrons. The standard InChI is InChI=1S/C14H14ClFN4O/c1-8(13-19-18-12-3-2-6-20(12)13)17-14(21)10-5-4-9(15)7-11(10)16/h4-5,7-8H,2-3,6H2,1H3,(H,17,21)/t8-/m1/s1. The maximum atomic E-state index is 13.7. The van der Waals surface area contributed by atoms with Gasteiger partial charge in [-0.05, 0) is 31.5 Å². The average Bonchev–Trinajstić information content (AvgIpc) is 3.00. The van der Waals surface area contributed by atoms with Crippen LogP contribution in [-0.4, -0.2) is 20.7 Å². The summed E-state index contributed by atoms with van der Waals surface area (Å²) < 4.78 is 15.7. The number of hydrogen-bond acceptors (Lipinski definition) is 3. The Morgan fingerprint density at radius 2 is 2.29 bits per heavy atom. The first-order chi connectivity index (χ1) is 10.1. The molecule has 21 heavy (non-hydrogen) atoms. The summed E-state index contributed by atoms with van der Waals surface area (Å²) in [6.45, 7) is 2.66. The fourth-order valence-electron chi connectivity index (χ4n) is 2.51. The average molecular weight is 309 g/mol. The van der Waals surface area contributed by atoms with Gasteiger partial charge in [-0.25, -0.2) is 4.39 Å². The summed E-state index contributed by atoms with van der Waals surface area (Å²) in [5.41, 5.74) is -0.0348. The number of aromatic nitrogens is 3. The number of amides is 1. The number of fused-ring (bicyclic) bond motifs is 1. The molecule has 1 aromatic carbocycles. The van der Waals surface area contributed by atoms with Gasteiger partial charge in [0.25, 0.3) is 5.91 Å². The Morgan fingerprint density at radius 1 is 1.48 bits per heavy atom. The molecule has 3 rings (SSSR count). The molecule has 1 amide bonds. The molecule has 2 heterocycles. The molecule has 1 aliphatic rings. The molecule has 0 bridgehead atoms. The summed E-state index contributed by atoms with van der Waals surface area (Å²) >= 11 is 5.68. The van der Waals surface area contributed by atoms with Crippen LogP contribution < -0.4 is 5.32 Å². The van der Waals surface area contributed by atoms with Crippen molar-refractivity contribution in [2.45, 2.75) is 32.4 Å². The molecule has 0 unspecified atom stereocenters. The van der Waals surface area contributed by atoms with Crippen molar-refractivity contribution < 1.29 is 9.18 Å². The van der Waals surface area contributed by atoms with E-state index in [1.807, 2.05) is 4.57 Å². The van der Waals surface area contributed by atoms with Crippen LogP contribution in [0.25, 0.3) is 0 Å². The van der Waals surface area contributed by atoms with Crippen molar-refractivity contribution in [2.75, 3.05) is 0 Å². The SMILES string of the molecule is C[C@@H](NC(=O)c1ccc(Cl)cc1F)c1nnc2n1CCC2. The van der Waals surface area contributed by atoms with E-state index in [1.54, 1.807) is 6.92 Å². The minimum absolute atomic E-state index is 0.0348. The van der Waals surface area contributed by atoms with Crippen LogP contribution in [0.4, 0.5) is 4.39 Å². The second kappa shape index (κ2) is 5.44. The van der Waals surface area contributed by atoms with Gasteiger partial charge >= 0.3 is 0 Å². The van der Waals surface area contributed by atoms with Crippen LogP contribution in [-0.2, 0) is 13.0 Å². The van der Waals surface area contributed by atoms with E-state index in [0.717, 1.165) is 31.3 Å². The van der Waals surface area contributed by atoms with Crippen LogP contribution >= 0.6 is 11.6 Å². The van der Waals surface area contributed by atoms with Crippen LogP contribution in [0.15, 0.2) is 18.2 Å². The lowest BCUT2D eigenvalue weighted by molar-refractivity contribution is 0.0933. The predicted octanol–water partition coefficient (Wildman–Crippen LogP) is 2.51. The Balaban J connectivity index is 1.77. The lowest BCUT2D eigenvalue weighted by atomic mass is 10.2. The highest BCUT2D eigenvalue weighted by Gasteiger charge is 2.23. The number of carbonyl (C=O) groups is 1. The Bertz CT molecular complexity index is 700. The molecule has 0 spiro atoms. The van der Waals surface area contributed by atoms with Gasteiger partial charge in [0.05, 0.1) is 11.6 Å². The lowest BCUT2D eigenvalue weighted by Crippen LogP contribution is -2.29. The Hall–Kier alpha value is -1.95. The van der Waals surface area contributed by atoms with Crippen molar-refractivity contribution in [3.8, 4) is 0 Å². The molecule has 0 saturated heterocycles. The minimum atomic E-state index is -0.640. The summed E-state index contributed by atoms with van der Waals surface area (Å²) in [4.78, 5) is 12.1. The third-order valence-corrected chi connectivity index (χ3v) is 3.78. The van der Waals surface area contributed by atoms with Gasteiger partial charge in [-0.15, -0.1) is 10.2 Å². The normalized spacial score (nSPS) is 14.8. The zero-order chi connectivity index (χ0) is 15.0. The van der Waals surface area contributed by atoms with Crippen LogP contribution in [0.3, 0.4) is 0 Å². The molecule has 110 valence electrons. The van der Waals surface area contributed by atoms with E-state index < -0.39 is 11.7 Å². The van der Waals surface area contributed by atoms with Crippen LogP contribution in [0.2, 0.25) is 5.02 Å². The van der Waals surface area contributed by atoms with Crippen molar-refractivity contribution in [3.05, 3.63) is 46.3 Å². The van der Waals surface area contributed by atoms with Crippen molar-refractivity contribution in [1.29, 1.82) is 0 Å². The first kappa shape index (κ1) is 14.0.